The van der Waals surface area contributed by atoms with E-state index in [1.165, 1.54) is 0 Å². The van der Waals surface area contributed by atoms with Gasteiger partial charge in [-0.05, 0) is 12.3 Å². The first-order valence-corrected chi connectivity index (χ1v) is 6.25. The van der Waals surface area contributed by atoms with Crippen molar-refractivity contribution in [3.05, 3.63) is 42.0 Å². The van der Waals surface area contributed by atoms with Gasteiger partial charge in [0, 0.05) is 10.9 Å². The summed E-state index contributed by atoms with van der Waals surface area (Å²) in [5.74, 6) is 0.556. The molecule has 2 unspecified atom stereocenters. The molecule has 0 bridgehead atoms. The molecule has 102 valence electrons. The normalized spacial score (nSPS) is 14.3. The first-order valence-electron chi connectivity index (χ1n) is 6.25. The van der Waals surface area contributed by atoms with E-state index in [0.29, 0.717) is 11.3 Å². The molecule has 3 N–H and O–H groups in total. The third-order valence-corrected chi connectivity index (χ3v) is 2.99. The molecule has 2 atom stereocenters. The Balaban J connectivity index is 2.43. The van der Waals surface area contributed by atoms with E-state index in [2.05, 4.69) is 0 Å². The lowest BCUT2D eigenvalue weighted by molar-refractivity contribution is 0.0528. The molecule has 0 aliphatic carbocycles. The summed E-state index contributed by atoms with van der Waals surface area (Å²) in [5.41, 5.74) is 0.670. The van der Waals surface area contributed by atoms with Crippen LogP contribution in [0.15, 0.2) is 36.4 Å². The van der Waals surface area contributed by atoms with Crippen LogP contribution in [0.1, 0.15) is 18.6 Å². The number of benzene rings is 2. The summed E-state index contributed by atoms with van der Waals surface area (Å²) >= 11 is 0. The highest BCUT2D eigenvalue weighted by molar-refractivity contribution is 5.89. The first kappa shape index (κ1) is 13.8. The number of hydrogen-bond donors (Lipinski definition) is 3. The molecule has 0 aliphatic heterocycles. The van der Waals surface area contributed by atoms with Crippen LogP contribution in [0.3, 0.4) is 0 Å². The van der Waals surface area contributed by atoms with E-state index < -0.39 is 12.2 Å². The zero-order valence-electron chi connectivity index (χ0n) is 10.8. The quantitative estimate of drug-likeness (QED) is 0.766. The minimum Gasteiger partial charge on any atom is -0.490 e. The van der Waals surface area contributed by atoms with Crippen molar-refractivity contribution in [2.45, 2.75) is 19.1 Å². The fraction of sp³-hybridized carbons (Fsp3) is 0.333. The van der Waals surface area contributed by atoms with Gasteiger partial charge in [0.1, 0.15) is 18.5 Å². The number of rotatable bonds is 5. The fourth-order valence-electron chi connectivity index (χ4n) is 1.98. The summed E-state index contributed by atoms with van der Waals surface area (Å²) in [6.07, 6.45) is -1.59. The molecule has 2 rings (SSSR count). The van der Waals surface area contributed by atoms with Crippen molar-refractivity contribution in [2.24, 2.45) is 0 Å². The van der Waals surface area contributed by atoms with Gasteiger partial charge in [-0.3, -0.25) is 0 Å². The Kier molecular flexibility index (Phi) is 4.37. The van der Waals surface area contributed by atoms with E-state index in [1.807, 2.05) is 36.4 Å². The molecule has 0 heterocycles. The predicted molar refractivity (Wildman–Crippen MR) is 73.2 cm³/mol. The average molecular weight is 262 g/mol. The molecule has 2 aromatic rings. The Labute approximate surface area is 111 Å². The highest BCUT2D eigenvalue weighted by atomic mass is 16.5. The number of hydrogen-bond acceptors (Lipinski definition) is 4. The molecular formula is C15H18O4. The Bertz CT molecular complexity index is 551. The highest BCUT2D eigenvalue weighted by Gasteiger charge is 2.14. The van der Waals surface area contributed by atoms with Gasteiger partial charge in [-0.2, -0.15) is 0 Å². The number of aliphatic hydroxyl groups excluding tert-OH is 3. The van der Waals surface area contributed by atoms with Crippen molar-refractivity contribution in [2.75, 3.05) is 13.2 Å². The number of ether oxygens (including phenoxy) is 1. The second kappa shape index (κ2) is 6.02. The Morgan fingerprint density at radius 2 is 1.84 bits per heavy atom. The van der Waals surface area contributed by atoms with Crippen molar-refractivity contribution in [1.82, 2.24) is 0 Å². The van der Waals surface area contributed by atoms with Crippen LogP contribution in [0, 0.1) is 0 Å². The molecule has 0 saturated heterocycles. The largest absolute Gasteiger partial charge is 0.490 e. The lowest BCUT2D eigenvalue weighted by Crippen LogP contribution is -2.21. The van der Waals surface area contributed by atoms with Crippen LogP contribution in [0.2, 0.25) is 0 Å². The standard InChI is InChI=1S/C15H18O4/c1-10(17)13-7-6-11-4-2-3-5-14(11)15(13)19-9-12(18)8-16/h2-7,10,12,16-18H,8-9H2,1H3. The maximum atomic E-state index is 9.79. The van der Waals surface area contributed by atoms with Crippen LogP contribution < -0.4 is 4.74 Å². The molecule has 4 heteroatoms. The average Bonchev–Trinajstić information content (AvgIpc) is 2.43. The van der Waals surface area contributed by atoms with E-state index in [-0.39, 0.29) is 13.2 Å². The van der Waals surface area contributed by atoms with Gasteiger partial charge >= 0.3 is 0 Å². The predicted octanol–water partition coefficient (Wildman–Crippen LogP) is 1.63. The fourth-order valence-corrected chi connectivity index (χ4v) is 1.98. The topological polar surface area (TPSA) is 69.9 Å². The van der Waals surface area contributed by atoms with Gasteiger partial charge in [0.15, 0.2) is 0 Å². The smallest absolute Gasteiger partial charge is 0.133 e. The number of fused-ring (bicyclic) bond motifs is 1. The monoisotopic (exact) mass is 262 g/mol. The molecule has 0 saturated carbocycles. The third-order valence-electron chi connectivity index (χ3n) is 2.99. The third kappa shape index (κ3) is 3.04. The van der Waals surface area contributed by atoms with Crippen LogP contribution >= 0.6 is 0 Å². The summed E-state index contributed by atoms with van der Waals surface area (Å²) in [6, 6.07) is 11.4. The van der Waals surface area contributed by atoms with Gasteiger partial charge in [-0.15, -0.1) is 0 Å². The van der Waals surface area contributed by atoms with Crippen LogP contribution in [0.5, 0.6) is 5.75 Å². The van der Waals surface area contributed by atoms with E-state index in [9.17, 15) is 10.2 Å². The van der Waals surface area contributed by atoms with Gasteiger partial charge in [0.25, 0.3) is 0 Å². The minimum absolute atomic E-state index is 0.00969. The minimum atomic E-state index is -0.930. The molecule has 0 fully saturated rings. The Hall–Kier alpha value is -1.62. The van der Waals surface area contributed by atoms with Crippen molar-refractivity contribution < 1.29 is 20.1 Å². The molecule has 0 amide bonds. The SMILES string of the molecule is CC(O)c1ccc2ccccc2c1OCC(O)CO. The number of aliphatic hydroxyl groups is 3. The summed E-state index contributed by atoms with van der Waals surface area (Å²) in [6.45, 7) is 1.30. The lowest BCUT2D eigenvalue weighted by Gasteiger charge is -2.17. The van der Waals surface area contributed by atoms with E-state index >= 15 is 0 Å². The summed E-state index contributed by atoms with van der Waals surface area (Å²) in [4.78, 5) is 0. The van der Waals surface area contributed by atoms with Gasteiger partial charge in [-0.25, -0.2) is 0 Å². The van der Waals surface area contributed by atoms with E-state index in [1.54, 1.807) is 6.92 Å². The van der Waals surface area contributed by atoms with Gasteiger partial charge in [0.05, 0.1) is 12.7 Å². The molecule has 4 nitrogen and oxygen atoms in total. The van der Waals surface area contributed by atoms with Gasteiger partial charge < -0.3 is 20.1 Å². The van der Waals surface area contributed by atoms with Crippen molar-refractivity contribution >= 4 is 10.8 Å². The maximum Gasteiger partial charge on any atom is 0.133 e. The maximum absolute atomic E-state index is 9.79. The Morgan fingerprint density at radius 3 is 2.53 bits per heavy atom. The van der Waals surface area contributed by atoms with Crippen LogP contribution in [-0.2, 0) is 0 Å². The molecule has 19 heavy (non-hydrogen) atoms. The highest BCUT2D eigenvalue weighted by Crippen LogP contribution is 2.33. The molecule has 0 aliphatic rings. The van der Waals surface area contributed by atoms with Crippen molar-refractivity contribution in [1.29, 1.82) is 0 Å². The second-order valence-corrected chi connectivity index (χ2v) is 4.53. The van der Waals surface area contributed by atoms with E-state index in [4.69, 9.17) is 9.84 Å². The summed E-state index contributed by atoms with van der Waals surface area (Å²) in [7, 11) is 0. The van der Waals surface area contributed by atoms with E-state index in [0.717, 1.165) is 10.8 Å². The molecule has 2 aromatic carbocycles. The van der Waals surface area contributed by atoms with Crippen LogP contribution in [0.25, 0.3) is 10.8 Å². The Morgan fingerprint density at radius 1 is 1.11 bits per heavy atom. The molecular weight excluding hydrogens is 244 g/mol. The van der Waals surface area contributed by atoms with Gasteiger partial charge in [-0.1, -0.05) is 36.4 Å². The van der Waals surface area contributed by atoms with Crippen LogP contribution in [-0.4, -0.2) is 34.6 Å². The van der Waals surface area contributed by atoms with Gasteiger partial charge in [0.2, 0.25) is 0 Å². The first-order chi connectivity index (χ1) is 9.13. The molecule has 0 aromatic heterocycles. The zero-order chi connectivity index (χ0) is 13.8. The molecule has 0 radical (unpaired) electrons. The lowest BCUT2D eigenvalue weighted by atomic mass is 10.0. The van der Waals surface area contributed by atoms with Crippen LogP contribution in [0.4, 0.5) is 0 Å². The van der Waals surface area contributed by atoms with Crippen molar-refractivity contribution in [3.63, 3.8) is 0 Å². The summed E-state index contributed by atoms with van der Waals surface area (Å²) < 4.78 is 5.59. The second-order valence-electron chi connectivity index (χ2n) is 4.53. The van der Waals surface area contributed by atoms with Crippen molar-refractivity contribution in [3.8, 4) is 5.75 Å². The zero-order valence-corrected chi connectivity index (χ0v) is 10.8. The molecule has 0 spiro atoms. The summed E-state index contributed by atoms with van der Waals surface area (Å²) in [5, 5.41) is 29.9.